The van der Waals surface area contributed by atoms with Crippen molar-refractivity contribution >= 4 is 5.91 Å². The van der Waals surface area contributed by atoms with Gasteiger partial charge in [0.05, 0.1) is 35.2 Å². The van der Waals surface area contributed by atoms with Gasteiger partial charge < -0.3 is 9.64 Å². The van der Waals surface area contributed by atoms with Gasteiger partial charge in [-0.15, -0.1) is 0 Å². The summed E-state index contributed by atoms with van der Waals surface area (Å²) in [5, 5.41) is 8.28. The van der Waals surface area contributed by atoms with Crippen molar-refractivity contribution in [2.45, 2.75) is 44.1 Å². The number of nitrogens with zero attached hydrogens (tertiary/aromatic N) is 5. The highest BCUT2D eigenvalue weighted by Gasteiger charge is 2.55. The van der Waals surface area contributed by atoms with E-state index in [1.54, 1.807) is 30.6 Å². The average molecular weight is 443 g/mol. The number of para-hydroxylation sites is 1. The lowest BCUT2D eigenvalue weighted by atomic mass is 9.98. The Hall–Kier alpha value is -3.43. The van der Waals surface area contributed by atoms with Crippen LogP contribution in [0.3, 0.4) is 0 Å². The predicted octanol–water partition coefficient (Wildman–Crippen LogP) is 3.75. The molecule has 5 rings (SSSR count). The van der Waals surface area contributed by atoms with Crippen LogP contribution in [0.5, 0.6) is 5.88 Å². The Morgan fingerprint density at radius 1 is 1.09 bits per heavy atom. The van der Waals surface area contributed by atoms with E-state index in [4.69, 9.17) is 4.74 Å². The average Bonchev–Trinajstić information content (AvgIpc) is 3.49. The minimum absolute atomic E-state index is 0.0723. The van der Waals surface area contributed by atoms with E-state index in [0.29, 0.717) is 11.3 Å². The summed E-state index contributed by atoms with van der Waals surface area (Å²) in [6, 6.07) is 9.05. The van der Waals surface area contributed by atoms with E-state index in [9.17, 15) is 18.0 Å². The standard InChI is InChI=1S/C22H20F3N5O2/c1-13-15-7-8-18(20(15)32-19-9-6-14(12-26-19)22(23,24)25)29(13)21(31)16-4-2-3-5-17(16)30-27-10-11-28-30/h2-6,9-13,15,18,20H,7-8H2,1H3. The highest BCUT2D eigenvalue weighted by atomic mass is 19.4. The van der Waals surface area contributed by atoms with E-state index < -0.39 is 11.7 Å². The molecule has 1 saturated carbocycles. The van der Waals surface area contributed by atoms with Gasteiger partial charge in [0.25, 0.3) is 5.91 Å². The van der Waals surface area contributed by atoms with E-state index in [1.807, 2.05) is 17.9 Å². The van der Waals surface area contributed by atoms with Gasteiger partial charge >= 0.3 is 6.18 Å². The van der Waals surface area contributed by atoms with E-state index in [1.165, 1.54) is 10.9 Å². The number of carbonyl (C=O) groups is 1. The molecule has 2 aliphatic rings. The van der Waals surface area contributed by atoms with Crippen LogP contribution in [0.2, 0.25) is 0 Å². The largest absolute Gasteiger partial charge is 0.472 e. The van der Waals surface area contributed by atoms with E-state index >= 15 is 0 Å². The number of carbonyl (C=O) groups excluding carboxylic acids is 1. The molecule has 1 aliphatic heterocycles. The number of hydrogen-bond acceptors (Lipinski definition) is 5. The van der Waals surface area contributed by atoms with Crippen LogP contribution in [0.4, 0.5) is 13.2 Å². The molecule has 1 amide bonds. The minimum atomic E-state index is -4.45. The van der Waals surface area contributed by atoms with Crippen LogP contribution in [0.1, 0.15) is 35.7 Å². The molecular formula is C22H20F3N5O2. The van der Waals surface area contributed by atoms with Crippen LogP contribution in [0.25, 0.3) is 5.69 Å². The second kappa shape index (κ2) is 7.61. The maximum absolute atomic E-state index is 13.6. The number of benzene rings is 1. The molecule has 1 aromatic carbocycles. The number of piperidine rings is 1. The van der Waals surface area contributed by atoms with Crippen LogP contribution in [0, 0.1) is 5.92 Å². The van der Waals surface area contributed by atoms with Gasteiger partial charge in [-0.3, -0.25) is 4.79 Å². The molecule has 32 heavy (non-hydrogen) atoms. The molecule has 4 unspecified atom stereocenters. The zero-order valence-corrected chi connectivity index (χ0v) is 17.1. The third-order valence-corrected chi connectivity index (χ3v) is 6.34. The molecule has 0 spiro atoms. The Bertz CT molecular complexity index is 1120. The van der Waals surface area contributed by atoms with Gasteiger partial charge in [-0.2, -0.15) is 28.2 Å². The molecule has 0 radical (unpaired) electrons. The number of aromatic nitrogens is 4. The highest BCUT2D eigenvalue weighted by molar-refractivity contribution is 5.98. The highest BCUT2D eigenvalue weighted by Crippen LogP contribution is 2.45. The van der Waals surface area contributed by atoms with Crippen molar-refractivity contribution in [3.05, 3.63) is 66.1 Å². The van der Waals surface area contributed by atoms with Gasteiger partial charge in [0.1, 0.15) is 6.10 Å². The number of pyridine rings is 1. The number of hydrogen-bond donors (Lipinski definition) is 0. The third kappa shape index (κ3) is 3.39. The van der Waals surface area contributed by atoms with Crippen LogP contribution in [-0.4, -0.2) is 49.0 Å². The molecule has 2 fully saturated rings. The molecule has 166 valence electrons. The summed E-state index contributed by atoms with van der Waals surface area (Å²) in [6.45, 7) is 1.98. The monoisotopic (exact) mass is 443 g/mol. The fourth-order valence-corrected chi connectivity index (χ4v) is 4.87. The van der Waals surface area contributed by atoms with Gasteiger partial charge in [-0.05, 0) is 38.0 Å². The summed E-state index contributed by atoms with van der Waals surface area (Å²) in [7, 11) is 0. The van der Waals surface area contributed by atoms with Crippen molar-refractivity contribution in [3.63, 3.8) is 0 Å². The number of amides is 1. The van der Waals surface area contributed by atoms with Gasteiger partial charge in [-0.25, -0.2) is 4.98 Å². The molecule has 7 nitrogen and oxygen atoms in total. The molecule has 3 aromatic rings. The Kier molecular flexibility index (Phi) is 4.87. The zero-order chi connectivity index (χ0) is 22.5. The lowest BCUT2D eigenvalue weighted by Gasteiger charge is -2.32. The number of halogens is 3. The van der Waals surface area contributed by atoms with Gasteiger partial charge in [0.2, 0.25) is 5.88 Å². The Morgan fingerprint density at radius 3 is 2.53 bits per heavy atom. The number of likely N-dealkylation sites (tertiary alicyclic amines) is 1. The fraction of sp³-hybridized carbons (Fsp3) is 0.364. The predicted molar refractivity (Wildman–Crippen MR) is 107 cm³/mol. The van der Waals surface area contributed by atoms with Crippen molar-refractivity contribution in [2.75, 3.05) is 0 Å². The number of ether oxygens (including phenoxy) is 1. The summed E-state index contributed by atoms with van der Waals surface area (Å²) >= 11 is 0. The van der Waals surface area contributed by atoms with E-state index in [0.717, 1.165) is 25.1 Å². The molecule has 2 bridgehead atoms. The summed E-state index contributed by atoms with van der Waals surface area (Å²) < 4.78 is 44.4. The van der Waals surface area contributed by atoms with Crippen molar-refractivity contribution in [3.8, 4) is 11.6 Å². The van der Waals surface area contributed by atoms with Crippen LogP contribution in [0.15, 0.2) is 55.0 Å². The third-order valence-electron chi connectivity index (χ3n) is 6.34. The lowest BCUT2D eigenvalue weighted by molar-refractivity contribution is -0.137. The fourth-order valence-electron chi connectivity index (χ4n) is 4.87. The van der Waals surface area contributed by atoms with Crippen molar-refractivity contribution < 1.29 is 22.7 Å². The first-order chi connectivity index (χ1) is 15.3. The zero-order valence-electron chi connectivity index (χ0n) is 17.1. The molecule has 4 atom stereocenters. The second-order valence-electron chi connectivity index (χ2n) is 8.06. The summed E-state index contributed by atoms with van der Waals surface area (Å²) in [4.78, 5) is 20.7. The lowest BCUT2D eigenvalue weighted by Crippen LogP contribution is -2.44. The van der Waals surface area contributed by atoms with Crippen LogP contribution in [-0.2, 0) is 6.18 Å². The van der Waals surface area contributed by atoms with Crippen molar-refractivity contribution in [2.24, 2.45) is 5.92 Å². The maximum atomic E-state index is 13.6. The quantitative estimate of drug-likeness (QED) is 0.614. The van der Waals surface area contributed by atoms with Crippen molar-refractivity contribution in [1.82, 2.24) is 24.9 Å². The van der Waals surface area contributed by atoms with Crippen LogP contribution >= 0.6 is 0 Å². The Labute approximate surface area is 181 Å². The van der Waals surface area contributed by atoms with E-state index in [-0.39, 0.29) is 35.9 Å². The first-order valence-electron chi connectivity index (χ1n) is 10.3. The molecular weight excluding hydrogens is 423 g/mol. The van der Waals surface area contributed by atoms with Gasteiger partial charge in [-0.1, -0.05) is 12.1 Å². The summed E-state index contributed by atoms with van der Waals surface area (Å²) in [6.07, 6.45) is 0.717. The van der Waals surface area contributed by atoms with Crippen LogP contribution < -0.4 is 4.74 Å². The molecule has 2 aromatic heterocycles. The van der Waals surface area contributed by atoms with Gasteiger partial charge in [0, 0.05) is 24.2 Å². The second-order valence-corrected chi connectivity index (χ2v) is 8.06. The molecule has 1 saturated heterocycles. The summed E-state index contributed by atoms with van der Waals surface area (Å²) in [5.41, 5.74) is 0.238. The molecule has 3 heterocycles. The summed E-state index contributed by atoms with van der Waals surface area (Å²) in [5.74, 6) is 0.0529. The molecule has 10 heteroatoms. The molecule has 0 N–H and O–H groups in total. The number of rotatable bonds is 4. The first kappa shape index (κ1) is 20.5. The first-order valence-corrected chi connectivity index (χ1v) is 10.3. The Morgan fingerprint density at radius 2 is 1.84 bits per heavy atom. The smallest absolute Gasteiger partial charge is 0.417 e. The Balaban J connectivity index is 1.39. The minimum Gasteiger partial charge on any atom is -0.472 e. The van der Waals surface area contributed by atoms with E-state index in [2.05, 4.69) is 15.2 Å². The number of fused-ring (bicyclic) bond motifs is 2. The van der Waals surface area contributed by atoms with Gasteiger partial charge in [0.15, 0.2) is 0 Å². The van der Waals surface area contributed by atoms with Crippen molar-refractivity contribution in [1.29, 1.82) is 0 Å². The normalized spacial score (nSPS) is 24.7. The SMILES string of the molecule is CC1C2CCC(C2Oc2ccc(C(F)(F)F)cn2)N1C(=O)c1ccccc1-n1nccn1. The topological polar surface area (TPSA) is 73.1 Å². The molecule has 1 aliphatic carbocycles. The number of alkyl halides is 3. The maximum Gasteiger partial charge on any atom is 0.417 e.